The molecule has 1 heterocycles. The summed E-state index contributed by atoms with van der Waals surface area (Å²) in [5, 5.41) is -0.547. The first-order valence-corrected chi connectivity index (χ1v) is 11.2. The second-order valence-electron chi connectivity index (χ2n) is 6.11. The van der Waals surface area contributed by atoms with Crippen molar-refractivity contribution in [2.45, 2.75) is 26.8 Å². The number of esters is 2. The van der Waals surface area contributed by atoms with Gasteiger partial charge >= 0.3 is 11.9 Å². The van der Waals surface area contributed by atoms with Crippen molar-refractivity contribution in [3.8, 4) is 11.5 Å². The number of rotatable bonds is 9. The molecule has 0 aliphatic carbocycles. The van der Waals surface area contributed by atoms with E-state index in [9.17, 15) is 19.2 Å². The van der Waals surface area contributed by atoms with E-state index < -0.39 is 29.1 Å². The van der Waals surface area contributed by atoms with Crippen molar-refractivity contribution in [2.75, 3.05) is 26.9 Å². The van der Waals surface area contributed by atoms with Gasteiger partial charge in [0.25, 0.3) is 11.1 Å². The topological polar surface area (TPSA) is 108 Å². The Morgan fingerprint density at radius 3 is 2.52 bits per heavy atom. The maximum Gasteiger partial charge on any atom is 0.343 e. The number of amides is 2. The van der Waals surface area contributed by atoms with Crippen LogP contribution in [0.1, 0.15) is 26.3 Å². The highest BCUT2D eigenvalue weighted by molar-refractivity contribution is 14.1. The molecule has 0 aromatic heterocycles. The number of carbonyl (C=O) groups excluding carboxylic acids is 4. The van der Waals surface area contributed by atoms with Gasteiger partial charge in [-0.25, -0.2) is 9.59 Å². The molecule has 1 aliphatic rings. The van der Waals surface area contributed by atoms with Crippen molar-refractivity contribution in [3.63, 3.8) is 0 Å². The summed E-state index contributed by atoms with van der Waals surface area (Å²) in [6.07, 6.45) is 1.54. The third-order valence-electron chi connectivity index (χ3n) is 4.03. The molecule has 0 unspecified atom stereocenters. The lowest BCUT2D eigenvalue weighted by molar-refractivity contribution is -0.150. The fraction of sp³-hybridized carbons (Fsp3) is 0.400. The molecule has 0 N–H and O–H groups in total. The van der Waals surface area contributed by atoms with Gasteiger partial charge < -0.3 is 18.9 Å². The molecule has 0 spiro atoms. The maximum absolute atomic E-state index is 12.7. The van der Waals surface area contributed by atoms with E-state index >= 15 is 0 Å². The molecule has 9 nitrogen and oxygen atoms in total. The van der Waals surface area contributed by atoms with Crippen LogP contribution in [0.4, 0.5) is 4.79 Å². The van der Waals surface area contributed by atoms with Crippen molar-refractivity contribution in [1.82, 2.24) is 4.90 Å². The first-order valence-electron chi connectivity index (χ1n) is 9.33. The van der Waals surface area contributed by atoms with E-state index in [1.165, 1.54) is 20.1 Å². The number of halogens is 1. The van der Waals surface area contributed by atoms with Crippen LogP contribution in [0.2, 0.25) is 0 Å². The number of carbonyl (C=O) groups is 4. The number of methoxy groups -OCH3 is 1. The molecule has 1 atom stereocenters. The molecule has 2 amide bonds. The zero-order valence-corrected chi connectivity index (χ0v) is 20.4. The van der Waals surface area contributed by atoms with Crippen LogP contribution < -0.4 is 9.47 Å². The number of nitrogens with zero attached hydrogens (tertiary/aromatic N) is 1. The second-order valence-corrected chi connectivity index (χ2v) is 8.26. The molecule has 1 saturated heterocycles. The highest BCUT2D eigenvalue weighted by Gasteiger charge is 2.41. The molecule has 1 aliphatic heterocycles. The first kappa shape index (κ1) is 25.0. The van der Waals surface area contributed by atoms with Gasteiger partial charge in [0.1, 0.15) is 6.04 Å². The summed E-state index contributed by atoms with van der Waals surface area (Å²) in [6.45, 7) is 5.11. The largest absolute Gasteiger partial charge is 0.490 e. The predicted molar refractivity (Wildman–Crippen MR) is 122 cm³/mol. The maximum atomic E-state index is 12.7. The highest BCUT2D eigenvalue weighted by atomic mass is 127. The Hall–Kier alpha value is -2.28. The summed E-state index contributed by atoms with van der Waals surface area (Å²) in [7, 11) is 1.26. The fourth-order valence-electron chi connectivity index (χ4n) is 2.60. The van der Waals surface area contributed by atoms with Gasteiger partial charge in [-0.15, -0.1) is 0 Å². The smallest absolute Gasteiger partial charge is 0.343 e. The summed E-state index contributed by atoms with van der Waals surface area (Å²) >= 11 is 2.76. The van der Waals surface area contributed by atoms with E-state index in [1.807, 2.05) is 22.6 Å². The van der Waals surface area contributed by atoms with Crippen LogP contribution in [0.3, 0.4) is 0 Å². The monoisotopic (exact) mass is 563 g/mol. The number of thioether (sulfide) groups is 1. The van der Waals surface area contributed by atoms with Crippen LogP contribution in [0.15, 0.2) is 17.0 Å². The van der Waals surface area contributed by atoms with Crippen LogP contribution in [0.25, 0.3) is 6.08 Å². The Kier molecular flexibility index (Phi) is 9.16. The Morgan fingerprint density at radius 2 is 1.90 bits per heavy atom. The minimum absolute atomic E-state index is 0.151. The average molecular weight is 563 g/mol. The van der Waals surface area contributed by atoms with Gasteiger partial charge in [-0.3, -0.25) is 14.5 Å². The number of hydrogen-bond donors (Lipinski definition) is 0. The summed E-state index contributed by atoms with van der Waals surface area (Å²) < 4.78 is 21.3. The van der Waals surface area contributed by atoms with Crippen LogP contribution in [0, 0.1) is 3.57 Å². The van der Waals surface area contributed by atoms with Crippen LogP contribution in [-0.2, 0) is 23.9 Å². The van der Waals surface area contributed by atoms with Crippen LogP contribution >= 0.6 is 34.4 Å². The minimum atomic E-state index is -1.02. The SMILES string of the molecule is CCOC(=O)[C@@H](C)N1C(=O)S/C(=C/c2cc(I)c(OCC(=O)OC)c(OCC)c2)C1=O. The number of benzene rings is 1. The fourth-order valence-corrected chi connectivity index (χ4v) is 4.29. The lowest BCUT2D eigenvalue weighted by atomic mass is 10.1. The van der Waals surface area contributed by atoms with Gasteiger partial charge in [-0.2, -0.15) is 0 Å². The summed E-state index contributed by atoms with van der Waals surface area (Å²) in [4.78, 5) is 49.5. The molecule has 0 saturated carbocycles. The zero-order chi connectivity index (χ0) is 23.1. The van der Waals surface area contributed by atoms with Gasteiger partial charge in [-0.1, -0.05) is 0 Å². The minimum Gasteiger partial charge on any atom is -0.490 e. The molecule has 168 valence electrons. The summed E-state index contributed by atoms with van der Waals surface area (Å²) in [6, 6.07) is 2.34. The Morgan fingerprint density at radius 1 is 1.19 bits per heavy atom. The summed E-state index contributed by atoms with van der Waals surface area (Å²) in [5.74, 6) is -1.01. The summed E-state index contributed by atoms with van der Waals surface area (Å²) in [5.41, 5.74) is 0.590. The van der Waals surface area contributed by atoms with E-state index in [4.69, 9.17) is 14.2 Å². The van der Waals surface area contributed by atoms with E-state index in [0.717, 1.165) is 16.7 Å². The Bertz CT molecular complexity index is 917. The van der Waals surface area contributed by atoms with Gasteiger partial charge in [-0.05, 0) is 78.9 Å². The molecule has 11 heteroatoms. The standard InChI is InChI=1S/C20H22INO8S/c1-5-28-14-8-12(7-13(21)17(14)30-10-16(23)27-4)9-15-18(24)22(20(26)31-15)11(3)19(25)29-6-2/h7-9,11H,5-6,10H2,1-4H3/b15-9+/t11-/m1/s1. The molecule has 1 fully saturated rings. The highest BCUT2D eigenvalue weighted by Crippen LogP contribution is 2.38. The quantitative estimate of drug-likeness (QED) is 0.254. The number of ether oxygens (including phenoxy) is 4. The number of hydrogen-bond acceptors (Lipinski definition) is 9. The molecule has 31 heavy (non-hydrogen) atoms. The zero-order valence-electron chi connectivity index (χ0n) is 17.4. The van der Waals surface area contributed by atoms with Crippen molar-refractivity contribution in [3.05, 3.63) is 26.2 Å². The van der Waals surface area contributed by atoms with Crippen LogP contribution in [-0.4, -0.2) is 61.0 Å². The van der Waals surface area contributed by atoms with Gasteiger partial charge in [0.05, 0.1) is 28.8 Å². The first-order chi connectivity index (χ1) is 14.7. The molecule has 0 radical (unpaired) electrons. The van der Waals surface area contributed by atoms with Gasteiger partial charge in [0, 0.05) is 0 Å². The van der Waals surface area contributed by atoms with Crippen molar-refractivity contribution < 1.29 is 38.1 Å². The van der Waals surface area contributed by atoms with Gasteiger partial charge in [0.15, 0.2) is 18.1 Å². The molecule has 0 bridgehead atoms. The van der Waals surface area contributed by atoms with E-state index in [-0.39, 0.29) is 18.1 Å². The number of imide groups is 1. The van der Waals surface area contributed by atoms with E-state index in [0.29, 0.717) is 27.2 Å². The van der Waals surface area contributed by atoms with Crippen molar-refractivity contribution in [2.24, 2.45) is 0 Å². The Labute approximate surface area is 197 Å². The second kappa shape index (κ2) is 11.4. The lowest BCUT2D eigenvalue weighted by Crippen LogP contribution is -2.42. The third-order valence-corrected chi connectivity index (χ3v) is 5.72. The molecule has 1 aromatic carbocycles. The Balaban J connectivity index is 2.32. The van der Waals surface area contributed by atoms with Gasteiger partial charge in [0.2, 0.25) is 0 Å². The van der Waals surface area contributed by atoms with Crippen LogP contribution in [0.5, 0.6) is 11.5 Å². The normalized spacial score (nSPS) is 15.8. The van der Waals surface area contributed by atoms with E-state index in [1.54, 1.807) is 26.0 Å². The lowest BCUT2D eigenvalue weighted by Gasteiger charge is -2.19. The predicted octanol–water partition coefficient (Wildman–Crippen LogP) is 3.23. The van der Waals surface area contributed by atoms with E-state index in [2.05, 4.69) is 4.74 Å². The molecular weight excluding hydrogens is 541 g/mol. The average Bonchev–Trinajstić information content (AvgIpc) is 2.99. The van der Waals surface area contributed by atoms with Crippen molar-refractivity contribution in [1.29, 1.82) is 0 Å². The van der Waals surface area contributed by atoms with Crippen molar-refractivity contribution >= 4 is 63.5 Å². The molecule has 2 rings (SSSR count). The molecule has 1 aromatic rings. The third kappa shape index (κ3) is 6.12. The molecular formula is C20H22INO8S.